The van der Waals surface area contributed by atoms with Gasteiger partial charge in [-0.25, -0.2) is 0 Å². The number of benzene rings is 1. The van der Waals surface area contributed by atoms with Gasteiger partial charge in [0, 0.05) is 33.4 Å². The Bertz CT molecular complexity index is 393. The molecule has 0 unspecified atom stereocenters. The molecule has 1 rings (SSSR count). The number of hydrogen-bond acceptors (Lipinski definition) is 2. The van der Waals surface area contributed by atoms with Crippen molar-refractivity contribution in [3.63, 3.8) is 0 Å². The summed E-state index contributed by atoms with van der Waals surface area (Å²) in [6.07, 6.45) is 5.80. The van der Waals surface area contributed by atoms with E-state index in [1.807, 2.05) is 0 Å². The number of guanidine groups is 1. The number of unbranched alkanes of at least 4 members (excludes halogenated alkanes) is 2. The van der Waals surface area contributed by atoms with Gasteiger partial charge in [0.1, 0.15) is 0 Å². The monoisotopic (exact) mass is 305 g/mol. The molecule has 1 aromatic rings. The summed E-state index contributed by atoms with van der Waals surface area (Å²) in [4.78, 5) is 4.53. The highest BCUT2D eigenvalue weighted by Gasteiger charge is 1.97. The summed E-state index contributed by atoms with van der Waals surface area (Å²) in [5, 5.41) is 6.67. The first kappa shape index (κ1) is 18.5. The van der Waals surface area contributed by atoms with Crippen molar-refractivity contribution in [3.8, 4) is 0 Å². The van der Waals surface area contributed by atoms with Crippen LogP contribution in [0.3, 0.4) is 0 Å². The highest BCUT2D eigenvalue weighted by Crippen LogP contribution is 2.05. The summed E-state index contributed by atoms with van der Waals surface area (Å²) in [6, 6.07) is 10.7. The second kappa shape index (κ2) is 13.1. The largest absolute Gasteiger partial charge is 0.385 e. The average Bonchev–Trinajstić information content (AvgIpc) is 2.55. The van der Waals surface area contributed by atoms with Gasteiger partial charge >= 0.3 is 0 Å². The zero-order valence-electron chi connectivity index (χ0n) is 14.1. The van der Waals surface area contributed by atoms with Crippen LogP contribution in [0.15, 0.2) is 35.3 Å². The maximum absolute atomic E-state index is 5.04. The predicted molar refractivity (Wildman–Crippen MR) is 94.5 cm³/mol. The van der Waals surface area contributed by atoms with E-state index in [4.69, 9.17) is 4.74 Å². The van der Waals surface area contributed by atoms with Gasteiger partial charge in [0.15, 0.2) is 5.96 Å². The number of aliphatic imine (C=N–C) groups is 1. The van der Waals surface area contributed by atoms with Crippen LogP contribution < -0.4 is 10.6 Å². The molecule has 4 heteroatoms. The van der Waals surface area contributed by atoms with Crippen molar-refractivity contribution in [1.29, 1.82) is 0 Å². The maximum Gasteiger partial charge on any atom is 0.191 e. The first-order chi connectivity index (χ1) is 10.9. The molecule has 0 amide bonds. The zero-order valence-corrected chi connectivity index (χ0v) is 14.1. The SMILES string of the molecule is CCNC(=NCCCOC)NCCCCCc1ccccc1. The van der Waals surface area contributed by atoms with Crippen LogP contribution in [-0.4, -0.2) is 39.3 Å². The van der Waals surface area contributed by atoms with E-state index in [1.165, 1.54) is 31.2 Å². The molecule has 0 aromatic heterocycles. The van der Waals surface area contributed by atoms with E-state index in [-0.39, 0.29) is 0 Å². The van der Waals surface area contributed by atoms with Gasteiger partial charge in [-0.1, -0.05) is 36.8 Å². The minimum absolute atomic E-state index is 0.766. The summed E-state index contributed by atoms with van der Waals surface area (Å²) < 4.78 is 5.04. The second-order valence-corrected chi connectivity index (χ2v) is 5.33. The number of rotatable bonds is 11. The Hall–Kier alpha value is -1.55. The lowest BCUT2D eigenvalue weighted by Crippen LogP contribution is -2.37. The Morgan fingerprint density at radius 3 is 2.59 bits per heavy atom. The van der Waals surface area contributed by atoms with Crippen molar-refractivity contribution < 1.29 is 4.74 Å². The number of nitrogens with one attached hydrogen (secondary N) is 2. The minimum Gasteiger partial charge on any atom is -0.385 e. The quantitative estimate of drug-likeness (QED) is 0.375. The molecule has 4 nitrogen and oxygen atoms in total. The normalized spacial score (nSPS) is 11.5. The fourth-order valence-corrected chi connectivity index (χ4v) is 2.22. The fourth-order valence-electron chi connectivity index (χ4n) is 2.22. The Kier molecular flexibility index (Phi) is 11.0. The maximum atomic E-state index is 5.04. The lowest BCUT2D eigenvalue weighted by molar-refractivity contribution is 0.197. The van der Waals surface area contributed by atoms with Gasteiger partial charge in [0.2, 0.25) is 0 Å². The Balaban J connectivity index is 2.09. The standard InChI is InChI=1S/C18H31N3O/c1-3-19-18(21-15-10-16-22-2)20-14-9-5-8-13-17-11-6-4-7-12-17/h4,6-7,11-12H,3,5,8-10,13-16H2,1-2H3,(H2,19,20,21). The molecule has 1 aromatic carbocycles. The van der Waals surface area contributed by atoms with Crippen LogP contribution in [-0.2, 0) is 11.2 Å². The van der Waals surface area contributed by atoms with Crippen molar-refractivity contribution in [2.24, 2.45) is 4.99 Å². The average molecular weight is 305 g/mol. The van der Waals surface area contributed by atoms with Crippen LogP contribution in [0.2, 0.25) is 0 Å². The van der Waals surface area contributed by atoms with E-state index in [2.05, 4.69) is 52.9 Å². The third-order valence-corrected chi connectivity index (χ3v) is 3.40. The molecule has 0 heterocycles. The highest BCUT2D eigenvalue weighted by atomic mass is 16.5. The molecule has 0 atom stereocenters. The predicted octanol–water partition coefficient (Wildman–Crippen LogP) is 2.99. The highest BCUT2D eigenvalue weighted by molar-refractivity contribution is 5.79. The summed E-state index contributed by atoms with van der Waals surface area (Å²) in [6.45, 7) is 5.53. The van der Waals surface area contributed by atoms with Gasteiger partial charge in [-0.3, -0.25) is 4.99 Å². The molecule has 124 valence electrons. The molecule has 0 spiro atoms. The topological polar surface area (TPSA) is 45.7 Å². The Morgan fingerprint density at radius 1 is 1.05 bits per heavy atom. The van der Waals surface area contributed by atoms with Crippen LogP contribution >= 0.6 is 0 Å². The van der Waals surface area contributed by atoms with Crippen LogP contribution in [0.1, 0.15) is 38.2 Å². The molecule has 0 saturated carbocycles. The van der Waals surface area contributed by atoms with Crippen LogP contribution in [0.4, 0.5) is 0 Å². The molecule has 0 aliphatic heterocycles. The van der Waals surface area contributed by atoms with Gasteiger partial charge in [0.05, 0.1) is 0 Å². The summed E-state index contributed by atoms with van der Waals surface area (Å²) in [7, 11) is 1.72. The molecular formula is C18H31N3O. The first-order valence-electron chi connectivity index (χ1n) is 8.42. The van der Waals surface area contributed by atoms with Crippen LogP contribution in [0.25, 0.3) is 0 Å². The van der Waals surface area contributed by atoms with Crippen molar-refractivity contribution in [2.45, 2.75) is 39.0 Å². The van der Waals surface area contributed by atoms with E-state index in [0.717, 1.165) is 38.6 Å². The molecule has 0 saturated heterocycles. The number of aryl methyl sites for hydroxylation is 1. The lowest BCUT2D eigenvalue weighted by Gasteiger charge is -2.11. The number of hydrogen-bond donors (Lipinski definition) is 2. The smallest absolute Gasteiger partial charge is 0.191 e. The van der Waals surface area contributed by atoms with Crippen molar-refractivity contribution in [2.75, 3.05) is 33.4 Å². The van der Waals surface area contributed by atoms with Crippen molar-refractivity contribution in [1.82, 2.24) is 10.6 Å². The summed E-state index contributed by atoms with van der Waals surface area (Å²) in [5.41, 5.74) is 1.43. The van der Waals surface area contributed by atoms with Crippen molar-refractivity contribution >= 4 is 5.96 Å². The van der Waals surface area contributed by atoms with Gasteiger partial charge < -0.3 is 15.4 Å². The van der Waals surface area contributed by atoms with Crippen LogP contribution in [0.5, 0.6) is 0 Å². The van der Waals surface area contributed by atoms with Gasteiger partial charge in [-0.15, -0.1) is 0 Å². The molecule has 0 aliphatic carbocycles. The van der Waals surface area contributed by atoms with E-state index in [0.29, 0.717) is 0 Å². The van der Waals surface area contributed by atoms with Crippen LogP contribution in [0, 0.1) is 0 Å². The van der Waals surface area contributed by atoms with Gasteiger partial charge in [-0.05, 0) is 38.2 Å². The Morgan fingerprint density at radius 2 is 1.86 bits per heavy atom. The third-order valence-electron chi connectivity index (χ3n) is 3.40. The number of ether oxygens (including phenoxy) is 1. The molecule has 0 bridgehead atoms. The first-order valence-corrected chi connectivity index (χ1v) is 8.42. The molecule has 22 heavy (non-hydrogen) atoms. The number of nitrogens with zero attached hydrogens (tertiary/aromatic N) is 1. The summed E-state index contributed by atoms with van der Waals surface area (Å²) >= 11 is 0. The minimum atomic E-state index is 0.766. The van der Waals surface area contributed by atoms with E-state index >= 15 is 0 Å². The van der Waals surface area contributed by atoms with Gasteiger partial charge in [0.25, 0.3) is 0 Å². The molecule has 0 radical (unpaired) electrons. The van der Waals surface area contributed by atoms with Gasteiger partial charge in [-0.2, -0.15) is 0 Å². The second-order valence-electron chi connectivity index (χ2n) is 5.33. The van der Waals surface area contributed by atoms with E-state index in [1.54, 1.807) is 7.11 Å². The molecule has 0 aliphatic rings. The fraction of sp³-hybridized carbons (Fsp3) is 0.611. The number of methoxy groups -OCH3 is 1. The van der Waals surface area contributed by atoms with Crippen molar-refractivity contribution in [3.05, 3.63) is 35.9 Å². The van der Waals surface area contributed by atoms with E-state index in [9.17, 15) is 0 Å². The third kappa shape index (κ3) is 9.40. The molecular weight excluding hydrogens is 274 g/mol. The van der Waals surface area contributed by atoms with E-state index < -0.39 is 0 Å². The molecule has 0 fully saturated rings. The molecule has 2 N–H and O–H groups in total. The summed E-state index contributed by atoms with van der Waals surface area (Å²) in [5.74, 6) is 0.918. The zero-order chi connectivity index (χ0) is 15.9. The Labute approximate surface area is 135 Å². The lowest BCUT2D eigenvalue weighted by atomic mass is 10.1.